The summed E-state index contributed by atoms with van der Waals surface area (Å²) in [5, 5.41) is 0. The molecule has 0 spiro atoms. The summed E-state index contributed by atoms with van der Waals surface area (Å²) in [7, 11) is 0. The summed E-state index contributed by atoms with van der Waals surface area (Å²) in [6.45, 7) is 10.7. The van der Waals surface area contributed by atoms with Crippen LogP contribution in [-0.2, 0) is 0 Å². The lowest BCUT2D eigenvalue weighted by molar-refractivity contribution is 0.0878. The van der Waals surface area contributed by atoms with Crippen LogP contribution in [0, 0.1) is 0 Å². The maximum Gasteiger partial charge on any atom is 0.0210 e. The van der Waals surface area contributed by atoms with Gasteiger partial charge in [-0.15, -0.1) is 0 Å². The van der Waals surface area contributed by atoms with E-state index in [0.717, 1.165) is 6.04 Å². The lowest BCUT2D eigenvalue weighted by Crippen LogP contribution is -2.46. The van der Waals surface area contributed by atoms with Gasteiger partial charge in [-0.2, -0.15) is 0 Å². The van der Waals surface area contributed by atoms with Crippen molar-refractivity contribution in [2.45, 2.75) is 71.4 Å². The van der Waals surface area contributed by atoms with Gasteiger partial charge in [0.05, 0.1) is 0 Å². The van der Waals surface area contributed by atoms with Crippen molar-refractivity contribution in [1.82, 2.24) is 4.90 Å². The standard InChI is InChI=1S/C12H25N/c1-5-8-12(6-2)9-7-10-13(12)11(3)4/h11H,5-10H2,1-4H3. The topological polar surface area (TPSA) is 3.24 Å². The highest BCUT2D eigenvalue weighted by molar-refractivity contribution is 4.95. The van der Waals surface area contributed by atoms with Gasteiger partial charge in [0.2, 0.25) is 0 Å². The summed E-state index contributed by atoms with van der Waals surface area (Å²) in [5.41, 5.74) is 0.558. The average molecular weight is 183 g/mol. The third-order valence-electron chi connectivity index (χ3n) is 3.65. The Morgan fingerprint density at radius 1 is 1.31 bits per heavy atom. The highest BCUT2D eigenvalue weighted by Gasteiger charge is 2.39. The smallest absolute Gasteiger partial charge is 0.0210 e. The first-order chi connectivity index (χ1) is 6.16. The SMILES string of the molecule is CCCC1(CC)CCCN1C(C)C. The maximum atomic E-state index is 2.73. The van der Waals surface area contributed by atoms with Gasteiger partial charge in [0.15, 0.2) is 0 Å². The molecule has 0 bridgehead atoms. The minimum atomic E-state index is 0.558. The van der Waals surface area contributed by atoms with Crippen LogP contribution in [0.15, 0.2) is 0 Å². The molecule has 1 heterocycles. The molecular formula is C12H25N. The maximum absolute atomic E-state index is 2.73. The minimum Gasteiger partial charge on any atom is -0.295 e. The van der Waals surface area contributed by atoms with Crippen molar-refractivity contribution < 1.29 is 0 Å². The Morgan fingerprint density at radius 3 is 2.46 bits per heavy atom. The van der Waals surface area contributed by atoms with Gasteiger partial charge in [0.1, 0.15) is 0 Å². The van der Waals surface area contributed by atoms with Gasteiger partial charge in [-0.1, -0.05) is 20.3 Å². The molecule has 1 heteroatoms. The van der Waals surface area contributed by atoms with Crippen LogP contribution in [0.25, 0.3) is 0 Å². The molecule has 13 heavy (non-hydrogen) atoms. The van der Waals surface area contributed by atoms with Crippen LogP contribution in [0.5, 0.6) is 0 Å². The first-order valence-corrected chi connectivity index (χ1v) is 5.93. The number of rotatable bonds is 4. The summed E-state index contributed by atoms with van der Waals surface area (Å²) in [6.07, 6.45) is 6.89. The quantitative estimate of drug-likeness (QED) is 0.645. The summed E-state index contributed by atoms with van der Waals surface area (Å²) < 4.78 is 0. The van der Waals surface area contributed by atoms with Gasteiger partial charge in [0, 0.05) is 11.6 Å². The molecule has 0 N–H and O–H groups in total. The third-order valence-corrected chi connectivity index (χ3v) is 3.65. The molecule has 78 valence electrons. The van der Waals surface area contributed by atoms with Crippen molar-refractivity contribution in [2.75, 3.05) is 6.54 Å². The highest BCUT2D eigenvalue weighted by Crippen LogP contribution is 2.37. The van der Waals surface area contributed by atoms with Crippen LogP contribution >= 0.6 is 0 Å². The number of hydrogen-bond donors (Lipinski definition) is 0. The second-order valence-electron chi connectivity index (χ2n) is 4.72. The Bertz CT molecular complexity index is 153. The van der Waals surface area contributed by atoms with E-state index in [1.807, 2.05) is 0 Å². The molecule has 0 aromatic rings. The summed E-state index contributed by atoms with van der Waals surface area (Å²) in [4.78, 5) is 2.73. The van der Waals surface area contributed by atoms with Gasteiger partial charge in [-0.3, -0.25) is 4.90 Å². The van der Waals surface area contributed by atoms with Crippen LogP contribution in [-0.4, -0.2) is 23.0 Å². The van der Waals surface area contributed by atoms with Crippen molar-refractivity contribution in [2.24, 2.45) is 0 Å². The number of hydrogen-bond acceptors (Lipinski definition) is 1. The van der Waals surface area contributed by atoms with Crippen molar-refractivity contribution in [3.8, 4) is 0 Å². The molecule has 0 aromatic carbocycles. The van der Waals surface area contributed by atoms with E-state index in [1.54, 1.807) is 0 Å². The molecule has 0 aliphatic carbocycles. The van der Waals surface area contributed by atoms with E-state index in [1.165, 1.54) is 38.6 Å². The van der Waals surface area contributed by atoms with Gasteiger partial charge in [0.25, 0.3) is 0 Å². The molecule has 0 radical (unpaired) electrons. The van der Waals surface area contributed by atoms with Crippen LogP contribution in [0.4, 0.5) is 0 Å². The Morgan fingerprint density at radius 2 is 2.00 bits per heavy atom. The van der Waals surface area contributed by atoms with Crippen LogP contribution in [0.1, 0.15) is 59.8 Å². The average Bonchev–Trinajstić information content (AvgIpc) is 2.50. The Kier molecular flexibility index (Phi) is 3.78. The number of nitrogens with zero attached hydrogens (tertiary/aromatic N) is 1. The molecule has 1 atom stereocenters. The largest absolute Gasteiger partial charge is 0.295 e. The van der Waals surface area contributed by atoms with Gasteiger partial charge < -0.3 is 0 Å². The highest BCUT2D eigenvalue weighted by atomic mass is 15.2. The zero-order valence-electron chi connectivity index (χ0n) is 9.77. The zero-order valence-corrected chi connectivity index (χ0v) is 9.77. The first-order valence-electron chi connectivity index (χ1n) is 5.93. The molecule has 0 aromatic heterocycles. The lowest BCUT2D eigenvalue weighted by Gasteiger charge is -2.40. The van der Waals surface area contributed by atoms with E-state index in [2.05, 4.69) is 32.6 Å². The monoisotopic (exact) mass is 183 g/mol. The predicted octanol–water partition coefficient (Wildman–Crippen LogP) is 3.44. The van der Waals surface area contributed by atoms with E-state index in [4.69, 9.17) is 0 Å². The molecular weight excluding hydrogens is 158 g/mol. The summed E-state index contributed by atoms with van der Waals surface area (Å²) in [5.74, 6) is 0. The van der Waals surface area contributed by atoms with E-state index < -0.39 is 0 Å². The molecule has 1 saturated heterocycles. The normalized spacial score (nSPS) is 30.2. The number of likely N-dealkylation sites (tertiary alicyclic amines) is 1. The van der Waals surface area contributed by atoms with Crippen molar-refractivity contribution >= 4 is 0 Å². The predicted molar refractivity (Wildman–Crippen MR) is 59.0 cm³/mol. The van der Waals surface area contributed by atoms with Crippen LogP contribution in [0.2, 0.25) is 0 Å². The Hall–Kier alpha value is -0.0400. The van der Waals surface area contributed by atoms with Crippen molar-refractivity contribution in [3.63, 3.8) is 0 Å². The van der Waals surface area contributed by atoms with E-state index >= 15 is 0 Å². The summed E-state index contributed by atoms with van der Waals surface area (Å²) >= 11 is 0. The molecule has 1 aliphatic rings. The van der Waals surface area contributed by atoms with Gasteiger partial charge in [-0.25, -0.2) is 0 Å². The molecule has 0 saturated carbocycles. The van der Waals surface area contributed by atoms with E-state index in [9.17, 15) is 0 Å². The van der Waals surface area contributed by atoms with Crippen molar-refractivity contribution in [1.29, 1.82) is 0 Å². The second kappa shape index (κ2) is 4.45. The van der Waals surface area contributed by atoms with Gasteiger partial charge in [-0.05, 0) is 46.1 Å². The molecule has 1 unspecified atom stereocenters. The Balaban J connectivity index is 2.70. The van der Waals surface area contributed by atoms with Crippen molar-refractivity contribution in [3.05, 3.63) is 0 Å². The van der Waals surface area contributed by atoms with Crippen LogP contribution in [0.3, 0.4) is 0 Å². The molecule has 1 aliphatic heterocycles. The van der Waals surface area contributed by atoms with E-state index in [0.29, 0.717) is 5.54 Å². The fraction of sp³-hybridized carbons (Fsp3) is 1.00. The van der Waals surface area contributed by atoms with Gasteiger partial charge >= 0.3 is 0 Å². The van der Waals surface area contributed by atoms with Crippen LogP contribution < -0.4 is 0 Å². The molecule has 1 nitrogen and oxygen atoms in total. The Labute approximate surface area is 83.5 Å². The second-order valence-corrected chi connectivity index (χ2v) is 4.72. The fourth-order valence-electron chi connectivity index (χ4n) is 3.06. The molecule has 1 rings (SSSR count). The zero-order chi connectivity index (χ0) is 9.90. The molecule has 0 amide bonds. The third kappa shape index (κ3) is 2.07. The fourth-order valence-corrected chi connectivity index (χ4v) is 3.06. The van der Waals surface area contributed by atoms with E-state index in [-0.39, 0.29) is 0 Å². The molecule has 1 fully saturated rings. The lowest BCUT2D eigenvalue weighted by atomic mass is 9.87. The summed E-state index contributed by atoms with van der Waals surface area (Å²) in [6, 6.07) is 0.731. The minimum absolute atomic E-state index is 0.558. The first kappa shape index (κ1) is 11.0.